The molecule has 0 atom stereocenters. The van der Waals surface area contributed by atoms with Gasteiger partial charge in [0.15, 0.2) is 0 Å². The minimum atomic E-state index is 0.614. The Morgan fingerprint density at radius 3 is 2.25 bits per heavy atom. The van der Waals surface area contributed by atoms with Crippen molar-refractivity contribution in [1.82, 2.24) is 34.4 Å². The number of rotatable bonds is 4. The number of nitrogens with zero attached hydrogens (tertiary/aromatic N) is 8. The molecule has 1 saturated heterocycles. The molecule has 140 valence electrons. The van der Waals surface area contributed by atoms with Gasteiger partial charge in [0.2, 0.25) is 5.95 Å². The van der Waals surface area contributed by atoms with Crippen LogP contribution in [0, 0.1) is 0 Å². The quantitative estimate of drug-likeness (QED) is 0.542. The maximum atomic E-state index is 4.74. The highest BCUT2D eigenvalue weighted by molar-refractivity contribution is 5.61. The van der Waals surface area contributed by atoms with Gasteiger partial charge in [0.1, 0.15) is 0 Å². The summed E-state index contributed by atoms with van der Waals surface area (Å²) in [4.78, 5) is 21.9. The summed E-state index contributed by atoms with van der Waals surface area (Å²) in [6.07, 6.45) is 9.03. The first-order valence-corrected chi connectivity index (χ1v) is 9.35. The first-order chi connectivity index (χ1) is 13.9. The summed E-state index contributed by atoms with van der Waals surface area (Å²) in [6, 6.07) is 10.0. The zero-order valence-electron chi connectivity index (χ0n) is 15.4. The normalized spacial score (nSPS) is 15.2. The SMILES string of the molecule is c1cc(CN2CCN(c3nc4nccc(-c5ccncc5)n4n3)CC2)ccn1. The number of piperazine rings is 1. The molecule has 8 nitrogen and oxygen atoms in total. The lowest BCUT2D eigenvalue weighted by Gasteiger charge is -2.34. The van der Waals surface area contributed by atoms with Gasteiger partial charge in [-0.15, -0.1) is 5.10 Å². The lowest BCUT2D eigenvalue weighted by atomic mass is 10.2. The van der Waals surface area contributed by atoms with Crippen molar-refractivity contribution in [3.05, 3.63) is 66.9 Å². The third kappa shape index (κ3) is 3.29. The Balaban J connectivity index is 1.34. The molecule has 4 aromatic rings. The first-order valence-electron chi connectivity index (χ1n) is 9.35. The summed E-state index contributed by atoms with van der Waals surface area (Å²) >= 11 is 0. The van der Waals surface area contributed by atoms with Crippen molar-refractivity contribution in [2.75, 3.05) is 31.1 Å². The molecule has 0 aromatic carbocycles. The molecule has 1 aliphatic rings. The molecule has 5 heterocycles. The van der Waals surface area contributed by atoms with Gasteiger partial charge >= 0.3 is 0 Å². The lowest BCUT2D eigenvalue weighted by molar-refractivity contribution is 0.248. The average Bonchev–Trinajstić information content (AvgIpc) is 3.20. The molecular formula is C20H20N8. The van der Waals surface area contributed by atoms with Gasteiger partial charge in [-0.05, 0) is 35.9 Å². The molecule has 0 spiro atoms. The monoisotopic (exact) mass is 372 g/mol. The Morgan fingerprint density at radius 1 is 0.786 bits per heavy atom. The van der Waals surface area contributed by atoms with Crippen LogP contribution < -0.4 is 4.90 Å². The highest BCUT2D eigenvalue weighted by Gasteiger charge is 2.21. The third-order valence-corrected chi connectivity index (χ3v) is 5.02. The number of hydrogen-bond donors (Lipinski definition) is 0. The minimum Gasteiger partial charge on any atom is -0.337 e. The summed E-state index contributed by atoms with van der Waals surface area (Å²) in [5.74, 6) is 1.35. The second-order valence-electron chi connectivity index (χ2n) is 6.81. The van der Waals surface area contributed by atoms with Crippen LogP contribution in [-0.4, -0.2) is 60.6 Å². The van der Waals surface area contributed by atoms with E-state index < -0.39 is 0 Å². The molecule has 0 amide bonds. The second-order valence-corrected chi connectivity index (χ2v) is 6.81. The molecule has 28 heavy (non-hydrogen) atoms. The van der Waals surface area contributed by atoms with Crippen LogP contribution in [-0.2, 0) is 6.54 Å². The van der Waals surface area contributed by atoms with Crippen LogP contribution in [0.4, 0.5) is 5.95 Å². The van der Waals surface area contributed by atoms with E-state index >= 15 is 0 Å². The number of pyridine rings is 2. The van der Waals surface area contributed by atoms with Gasteiger partial charge in [-0.1, -0.05) is 0 Å². The minimum absolute atomic E-state index is 0.614. The van der Waals surface area contributed by atoms with Crippen molar-refractivity contribution < 1.29 is 0 Å². The van der Waals surface area contributed by atoms with Crippen molar-refractivity contribution >= 4 is 11.7 Å². The van der Waals surface area contributed by atoms with E-state index in [0.29, 0.717) is 5.78 Å². The number of fused-ring (bicyclic) bond motifs is 1. The molecule has 4 aromatic heterocycles. The molecule has 0 aliphatic carbocycles. The van der Waals surface area contributed by atoms with Gasteiger partial charge in [-0.2, -0.15) is 9.50 Å². The highest BCUT2D eigenvalue weighted by atomic mass is 15.4. The van der Waals surface area contributed by atoms with Crippen molar-refractivity contribution in [3.8, 4) is 11.3 Å². The molecule has 0 radical (unpaired) electrons. The van der Waals surface area contributed by atoms with Crippen LogP contribution >= 0.6 is 0 Å². The fraction of sp³-hybridized carbons (Fsp3) is 0.250. The molecule has 0 bridgehead atoms. The fourth-order valence-electron chi connectivity index (χ4n) is 3.51. The van der Waals surface area contributed by atoms with E-state index in [-0.39, 0.29) is 0 Å². The number of hydrogen-bond acceptors (Lipinski definition) is 7. The van der Waals surface area contributed by atoms with Gasteiger partial charge in [-0.25, -0.2) is 4.98 Å². The van der Waals surface area contributed by atoms with Crippen LogP contribution in [0.15, 0.2) is 61.3 Å². The highest BCUT2D eigenvalue weighted by Crippen LogP contribution is 2.20. The molecular weight excluding hydrogens is 352 g/mol. The number of aromatic nitrogens is 6. The van der Waals surface area contributed by atoms with E-state index in [1.54, 1.807) is 18.6 Å². The van der Waals surface area contributed by atoms with E-state index in [1.807, 2.05) is 35.1 Å². The van der Waals surface area contributed by atoms with Gasteiger partial charge in [0.05, 0.1) is 5.69 Å². The largest absolute Gasteiger partial charge is 0.337 e. The smallest absolute Gasteiger partial charge is 0.254 e. The Hall–Kier alpha value is -3.39. The first kappa shape index (κ1) is 16.8. The molecule has 8 heteroatoms. The molecule has 0 unspecified atom stereocenters. The topological polar surface area (TPSA) is 75.3 Å². The van der Waals surface area contributed by atoms with Gasteiger partial charge in [-0.3, -0.25) is 14.9 Å². The van der Waals surface area contributed by atoms with Crippen LogP contribution in [0.3, 0.4) is 0 Å². The predicted molar refractivity (Wildman–Crippen MR) is 106 cm³/mol. The summed E-state index contributed by atoms with van der Waals surface area (Å²) in [7, 11) is 0. The van der Waals surface area contributed by atoms with E-state index in [2.05, 4.69) is 41.9 Å². The Kier molecular flexibility index (Phi) is 4.38. The van der Waals surface area contributed by atoms with Crippen molar-refractivity contribution in [2.45, 2.75) is 6.54 Å². The van der Waals surface area contributed by atoms with Gasteiger partial charge in [0.25, 0.3) is 5.78 Å². The average molecular weight is 372 g/mol. The third-order valence-electron chi connectivity index (χ3n) is 5.02. The summed E-state index contributed by atoms with van der Waals surface area (Å²) < 4.78 is 1.81. The van der Waals surface area contributed by atoms with Gasteiger partial charge in [0, 0.05) is 69.3 Å². The van der Waals surface area contributed by atoms with E-state index in [0.717, 1.165) is 49.9 Å². The molecule has 1 fully saturated rings. The number of anilines is 1. The summed E-state index contributed by atoms with van der Waals surface area (Å²) in [5.41, 5.74) is 3.30. The van der Waals surface area contributed by atoms with Crippen LogP contribution in [0.25, 0.3) is 17.0 Å². The molecule has 0 saturated carbocycles. The molecule has 0 N–H and O–H groups in total. The van der Waals surface area contributed by atoms with E-state index in [1.165, 1.54) is 5.56 Å². The van der Waals surface area contributed by atoms with Gasteiger partial charge < -0.3 is 4.90 Å². The Labute approximate surface area is 162 Å². The van der Waals surface area contributed by atoms with Crippen molar-refractivity contribution in [2.24, 2.45) is 0 Å². The van der Waals surface area contributed by atoms with Crippen LogP contribution in [0.2, 0.25) is 0 Å². The van der Waals surface area contributed by atoms with E-state index in [4.69, 9.17) is 5.10 Å². The Morgan fingerprint density at radius 2 is 1.50 bits per heavy atom. The van der Waals surface area contributed by atoms with Crippen molar-refractivity contribution in [3.63, 3.8) is 0 Å². The maximum absolute atomic E-state index is 4.74. The fourth-order valence-corrected chi connectivity index (χ4v) is 3.51. The zero-order chi connectivity index (χ0) is 18.8. The van der Waals surface area contributed by atoms with Crippen LogP contribution in [0.1, 0.15) is 5.56 Å². The standard InChI is InChI=1S/C20H20N8/c1-6-21-7-2-16(1)15-26-11-13-27(14-12-26)20-24-19-23-10-5-18(28(19)25-20)17-3-8-22-9-4-17/h1-10H,11-15H2. The maximum Gasteiger partial charge on any atom is 0.254 e. The summed E-state index contributed by atoms with van der Waals surface area (Å²) in [6.45, 7) is 4.69. The van der Waals surface area contributed by atoms with E-state index in [9.17, 15) is 0 Å². The van der Waals surface area contributed by atoms with Crippen LogP contribution in [0.5, 0.6) is 0 Å². The zero-order valence-corrected chi connectivity index (χ0v) is 15.4. The molecule has 1 aliphatic heterocycles. The second kappa shape index (κ2) is 7.32. The Bertz CT molecular complexity index is 1060. The predicted octanol–water partition coefficient (Wildman–Crippen LogP) is 1.90. The lowest BCUT2D eigenvalue weighted by Crippen LogP contribution is -2.46. The molecule has 5 rings (SSSR count). The summed E-state index contributed by atoms with van der Waals surface area (Å²) in [5, 5.41) is 4.74. The van der Waals surface area contributed by atoms with Crippen molar-refractivity contribution in [1.29, 1.82) is 0 Å².